The molecule has 0 aliphatic carbocycles. The maximum absolute atomic E-state index is 12.9. The maximum atomic E-state index is 12.9. The first-order valence-corrected chi connectivity index (χ1v) is 11.9. The summed E-state index contributed by atoms with van der Waals surface area (Å²) in [5, 5.41) is 5.38. The quantitative estimate of drug-likeness (QED) is 0.308. The SMILES string of the molecule is COc1cc(/C=C2/NC(=O)N(Cc3ccc(C)cc3)C2=O)cc(Br)c1OCC(=O)Nc1ccccc1. The van der Waals surface area contributed by atoms with Gasteiger partial charge < -0.3 is 20.1 Å². The second-order valence-electron chi connectivity index (χ2n) is 8.10. The summed E-state index contributed by atoms with van der Waals surface area (Å²) in [5.74, 6) is -0.0504. The number of nitrogens with zero attached hydrogens (tertiary/aromatic N) is 1. The summed E-state index contributed by atoms with van der Waals surface area (Å²) < 4.78 is 11.7. The third-order valence-electron chi connectivity index (χ3n) is 5.39. The summed E-state index contributed by atoms with van der Waals surface area (Å²) in [6.45, 7) is 1.92. The molecule has 3 aromatic rings. The van der Waals surface area contributed by atoms with Crippen molar-refractivity contribution in [2.75, 3.05) is 19.0 Å². The predicted octanol–water partition coefficient (Wildman–Crippen LogP) is 4.88. The first kappa shape index (κ1) is 25.0. The number of halogens is 1. The summed E-state index contributed by atoms with van der Waals surface area (Å²) in [4.78, 5) is 38.7. The number of rotatable bonds is 8. The van der Waals surface area contributed by atoms with Crippen LogP contribution < -0.4 is 20.1 Å². The van der Waals surface area contributed by atoms with E-state index in [1.807, 2.05) is 49.4 Å². The van der Waals surface area contributed by atoms with Crippen LogP contribution in [0.1, 0.15) is 16.7 Å². The fourth-order valence-corrected chi connectivity index (χ4v) is 4.15. The van der Waals surface area contributed by atoms with Crippen molar-refractivity contribution in [3.63, 3.8) is 0 Å². The van der Waals surface area contributed by atoms with Crippen molar-refractivity contribution in [3.8, 4) is 11.5 Å². The Kier molecular flexibility index (Phi) is 7.70. The highest BCUT2D eigenvalue weighted by Gasteiger charge is 2.33. The molecule has 8 nitrogen and oxygen atoms in total. The summed E-state index contributed by atoms with van der Waals surface area (Å²) >= 11 is 3.45. The molecule has 1 saturated heterocycles. The molecule has 0 spiro atoms. The highest BCUT2D eigenvalue weighted by atomic mass is 79.9. The molecule has 1 aliphatic heterocycles. The Morgan fingerprint density at radius 2 is 1.81 bits per heavy atom. The topological polar surface area (TPSA) is 97.0 Å². The average molecular weight is 550 g/mol. The number of anilines is 1. The number of hydrogen-bond acceptors (Lipinski definition) is 5. The number of benzene rings is 3. The summed E-state index contributed by atoms with van der Waals surface area (Å²) in [6.07, 6.45) is 1.56. The zero-order valence-corrected chi connectivity index (χ0v) is 21.3. The fourth-order valence-electron chi connectivity index (χ4n) is 3.58. The molecule has 9 heteroatoms. The maximum Gasteiger partial charge on any atom is 0.329 e. The van der Waals surface area contributed by atoms with E-state index in [0.29, 0.717) is 27.2 Å². The van der Waals surface area contributed by atoms with Gasteiger partial charge in [0.1, 0.15) is 5.70 Å². The van der Waals surface area contributed by atoms with Crippen LogP contribution in [0.4, 0.5) is 10.5 Å². The molecule has 1 heterocycles. The van der Waals surface area contributed by atoms with Gasteiger partial charge in [0.2, 0.25) is 0 Å². The Hall–Kier alpha value is -4.11. The minimum atomic E-state index is -0.484. The number of urea groups is 1. The van der Waals surface area contributed by atoms with E-state index in [1.54, 1.807) is 30.3 Å². The van der Waals surface area contributed by atoms with Crippen molar-refractivity contribution < 1.29 is 23.9 Å². The molecule has 2 N–H and O–H groups in total. The van der Waals surface area contributed by atoms with Crippen LogP contribution in [0.5, 0.6) is 11.5 Å². The first-order valence-electron chi connectivity index (χ1n) is 11.1. The number of imide groups is 1. The van der Waals surface area contributed by atoms with Crippen molar-refractivity contribution in [1.82, 2.24) is 10.2 Å². The molecule has 0 radical (unpaired) electrons. The number of nitrogens with one attached hydrogen (secondary N) is 2. The standard InChI is InChI=1S/C27H24BrN3O5/c1-17-8-10-18(11-9-17)15-31-26(33)22(30-27(31)34)13-19-12-21(28)25(23(14-19)35-2)36-16-24(32)29-20-6-4-3-5-7-20/h3-14H,15-16H2,1-2H3,(H,29,32)(H,30,34)/b22-13+. The van der Waals surface area contributed by atoms with Crippen molar-refractivity contribution in [2.45, 2.75) is 13.5 Å². The molecule has 4 amide bonds. The van der Waals surface area contributed by atoms with Crippen LogP contribution in [0.2, 0.25) is 0 Å². The van der Waals surface area contributed by atoms with E-state index >= 15 is 0 Å². The lowest BCUT2D eigenvalue weighted by atomic mass is 10.1. The smallest absolute Gasteiger partial charge is 0.329 e. The second kappa shape index (κ2) is 11.1. The van der Waals surface area contributed by atoms with Gasteiger partial charge >= 0.3 is 6.03 Å². The number of ether oxygens (including phenoxy) is 2. The number of methoxy groups -OCH3 is 1. The van der Waals surface area contributed by atoms with E-state index in [0.717, 1.165) is 16.0 Å². The van der Waals surface area contributed by atoms with Gasteiger partial charge in [0.25, 0.3) is 11.8 Å². The zero-order valence-electron chi connectivity index (χ0n) is 19.7. The van der Waals surface area contributed by atoms with Crippen molar-refractivity contribution in [2.24, 2.45) is 0 Å². The van der Waals surface area contributed by atoms with Gasteiger partial charge in [-0.25, -0.2) is 4.79 Å². The van der Waals surface area contributed by atoms with Gasteiger partial charge in [-0.3, -0.25) is 14.5 Å². The number of hydrogen-bond donors (Lipinski definition) is 2. The van der Waals surface area contributed by atoms with Gasteiger partial charge in [-0.15, -0.1) is 0 Å². The lowest BCUT2D eigenvalue weighted by Gasteiger charge is -2.14. The molecule has 1 aliphatic rings. The van der Waals surface area contributed by atoms with Crippen LogP contribution in [0.15, 0.2) is 76.9 Å². The Balaban J connectivity index is 1.46. The Morgan fingerprint density at radius 3 is 2.50 bits per heavy atom. The van der Waals surface area contributed by atoms with E-state index in [9.17, 15) is 14.4 Å². The first-order chi connectivity index (χ1) is 17.3. The van der Waals surface area contributed by atoms with Gasteiger partial charge in [-0.2, -0.15) is 0 Å². The lowest BCUT2D eigenvalue weighted by molar-refractivity contribution is -0.123. The minimum Gasteiger partial charge on any atom is -0.493 e. The number of carbonyl (C=O) groups excluding carboxylic acids is 3. The zero-order chi connectivity index (χ0) is 25.7. The largest absolute Gasteiger partial charge is 0.493 e. The Bertz CT molecular complexity index is 1320. The lowest BCUT2D eigenvalue weighted by Crippen LogP contribution is -2.30. The highest BCUT2D eigenvalue weighted by Crippen LogP contribution is 2.37. The summed E-state index contributed by atoms with van der Waals surface area (Å²) in [5.41, 5.74) is 3.37. The van der Waals surface area contributed by atoms with Gasteiger partial charge in [-0.1, -0.05) is 48.0 Å². The van der Waals surface area contributed by atoms with Gasteiger partial charge in [0.05, 0.1) is 18.1 Å². The molecule has 0 saturated carbocycles. The Morgan fingerprint density at radius 1 is 1.08 bits per heavy atom. The third kappa shape index (κ3) is 5.92. The Labute approximate surface area is 217 Å². The van der Waals surface area contributed by atoms with Crippen LogP contribution in [0, 0.1) is 6.92 Å². The third-order valence-corrected chi connectivity index (χ3v) is 5.98. The van der Waals surface area contributed by atoms with Crippen LogP contribution in [0.25, 0.3) is 6.08 Å². The van der Waals surface area contributed by atoms with E-state index in [-0.39, 0.29) is 24.8 Å². The van der Waals surface area contributed by atoms with Crippen LogP contribution in [0.3, 0.4) is 0 Å². The van der Waals surface area contributed by atoms with Crippen molar-refractivity contribution >= 4 is 45.5 Å². The van der Waals surface area contributed by atoms with Crippen molar-refractivity contribution in [1.29, 1.82) is 0 Å². The van der Waals surface area contributed by atoms with E-state index in [2.05, 4.69) is 26.6 Å². The molecular formula is C27H24BrN3O5. The fraction of sp³-hybridized carbons (Fsp3) is 0.148. The van der Waals surface area contributed by atoms with Crippen molar-refractivity contribution in [3.05, 3.63) is 93.6 Å². The highest BCUT2D eigenvalue weighted by molar-refractivity contribution is 9.10. The predicted molar refractivity (Wildman–Crippen MR) is 139 cm³/mol. The number of aryl methyl sites for hydroxylation is 1. The molecule has 36 heavy (non-hydrogen) atoms. The van der Waals surface area contributed by atoms with E-state index < -0.39 is 11.9 Å². The van der Waals surface area contributed by atoms with Gasteiger partial charge in [0.15, 0.2) is 18.1 Å². The average Bonchev–Trinajstić information content (AvgIpc) is 3.12. The van der Waals surface area contributed by atoms with Crippen LogP contribution in [-0.2, 0) is 16.1 Å². The molecular weight excluding hydrogens is 526 g/mol. The summed E-state index contributed by atoms with van der Waals surface area (Å²) in [6, 6.07) is 19.6. The number of amides is 4. The number of para-hydroxylation sites is 1. The second-order valence-corrected chi connectivity index (χ2v) is 8.96. The molecule has 0 atom stereocenters. The number of carbonyl (C=O) groups is 3. The van der Waals surface area contributed by atoms with E-state index in [1.165, 1.54) is 7.11 Å². The molecule has 1 fully saturated rings. The molecule has 3 aromatic carbocycles. The van der Waals surface area contributed by atoms with Gasteiger partial charge in [-0.05, 0) is 64.3 Å². The van der Waals surface area contributed by atoms with Crippen LogP contribution in [-0.4, -0.2) is 36.5 Å². The van der Waals surface area contributed by atoms with Crippen LogP contribution >= 0.6 is 15.9 Å². The molecule has 0 unspecified atom stereocenters. The monoisotopic (exact) mass is 549 g/mol. The van der Waals surface area contributed by atoms with Gasteiger partial charge in [0, 0.05) is 5.69 Å². The minimum absolute atomic E-state index is 0.150. The summed E-state index contributed by atoms with van der Waals surface area (Å²) in [7, 11) is 1.47. The molecule has 184 valence electrons. The normalized spacial score (nSPS) is 14.1. The molecule has 0 bridgehead atoms. The van der Waals surface area contributed by atoms with E-state index in [4.69, 9.17) is 9.47 Å². The molecule has 4 rings (SSSR count). The molecule has 0 aromatic heterocycles.